The van der Waals surface area contributed by atoms with E-state index in [2.05, 4.69) is 0 Å². The van der Waals surface area contributed by atoms with Gasteiger partial charge in [-0.2, -0.15) is 16.8 Å². The predicted octanol–water partition coefficient (Wildman–Crippen LogP) is -2.13. The van der Waals surface area contributed by atoms with Crippen LogP contribution in [0.2, 0.25) is 0 Å². The molecule has 0 aromatic heterocycles. The van der Waals surface area contributed by atoms with Gasteiger partial charge in [-0.25, -0.2) is 0 Å². The van der Waals surface area contributed by atoms with Crippen LogP contribution in [0.25, 0.3) is 0 Å². The van der Waals surface area contributed by atoms with Crippen LogP contribution in [-0.4, -0.2) is 40.5 Å². The Labute approximate surface area is 78.7 Å². The topological polar surface area (TPSA) is 181 Å². The Bertz CT molecular complexity index is 209. The van der Waals surface area contributed by atoms with Crippen molar-refractivity contribution in [3.05, 3.63) is 0 Å². The minimum Gasteiger partial charge on any atom is -0.412 e. The molecule has 0 aliphatic carbocycles. The van der Waals surface area contributed by atoms with Crippen LogP contribution in [0.1, 0.15) is 0 Å². The first-order chi connectivity index (χ1) is 4.00. The fourth-order valence-electron chi connectivity index (χ4n) is 0. The van der Waals surface area contributed by atoms with E-state index in [0.717, 1.165) is 0 Å². The molecule has 0 saturated carbocycles. The number of rotatable bonds is 0. The van der Waals surface area contributed by atoms with Crippen molar-refractivity contribution in [2.75, 3.05) is 0 Å². The van der Waals surface area contributed by atoms with Gasteiger partial charge in [0.05, 0.1) is 0 Å². The van der Waals surface area contributed by atoms with Gasteiger partial charge in [0.15, 0.2) is 0 Å². The molecule has 0 atom stereocenters. The zero-order valence-electron chi connectivity index (χ0n) is 5.04. The first-order valence-electron chi connectivity index (χ1n) is 1.40. The summed E-state index contributed by atoms with van der Waals surface area (Å²) in [7, 11) is -9.33. The maximum Gasteiger partial charge on any atom is 0.394 e. The molecule has 0 rings (SSSR count). The average molecular weight is 278 g/mol. The summed E-state index contributed by atoms with van der Waals surface area (Å²) in [6.07, 6.45) is 0. The van der Waals surface area contributed by atoms with Gasteiger partial charge in [0.1, 0.15) is 0 Å². The van der Waals surface area contributed by atoms with Crippen molar-refractivity contribution in [3.63, 3.8) is 0 Å². The zero-order valence-corrected chi connectivity index (χ0v) is 7.61. The van der Waals surface area contributed by atoms with Crippen LogP contribution < -0.4 is 0 Å². The van der Waals surface area contributed by atoms with Gasteiger partial charge in [-0.3, -0.25) is 18.2 Å². The molecule has 0 bridgehead atoms. The van der Waals surface area contributed by atoms with Crippen molar-refractivity contribution in [2.24, 2.45) is 0 Å². The van der Waals surface area contributed by atoms with E-state index in [9.17, 15) is 0 Å². The monoisotopic (exact) mass is 277 g/mol. The van der Waals surface area contributed by atoms with Gasteiger partial charge in [-0.1, -0.05) is 0 Å². The first kappa shape index (κ1) is 22.8. The summed E-state index contributed by atoms with van der Waals surface area (Å²) in [6, 6.07) is 0. The van der Waals surface area contributed by atoms with E-state index in [1.807, 2.05) is 0 Å². The fourth-order valence-corrected chi connectivity index (χ4v) is 0. The number of hydrogen-bond donors (Lipinski definition) is 4. The molecule has 0 saturated heterocycles. The van der Waals surface area contributed by atoms with Crippen LogP contribution in [0, 0.1) is 0 Å². The molecule has 1 radical (unpaired) electrons. The second-order valence-electron chi connectivity index (χ2n) is 0.896. The molecule has 0 aliphatic heterocycles. The summed E-state index contributed by atoms with van der Waals surface area (Å²) in [5.74, 6) is 0. The van der Waals surface area contributed by atoms with Crippen molar-refractivity contribution in [1.29, 1.82) is 0 Å². The Morgan fingerprint density at radius 1 is 0.667 bits per heavy atom. The van der Waals surface area contributed by atoms with Gasteiger partial charge in [0.2, 0.25) is 0 Å². The van der Waals surface area contributed by atoms with Crippen molar-refractivity contribution in [1.82, 2.24) is 0 Å². The van der Waals surface area contributed by atoms with Crippen molar-refractivity contribution < 1.29 is 57.6 Å². The van der Waals surface area contributed by atoms with E-state index in [-0.39, 0.29) is 22.5 Å². The minimum absolute atomic E-state index is 0. The van der Waals surface area contributed by atoms with Gasteiger partial charge < -0.3 is 5.48 Å². The minimum atomic E-state index is -4.67. The molecule has 6 N–H and O–H groups in total. The first-order valence-corrected chi connectivity index (χ1v) is 4.19. The van der Waals surface area contributed by atoms with E-state index < -0.39 is 20.8 Å². The van der Waals surface area contributed by atoms with Crippen LogP contribution in [0.3, 0.4) is 0 Å². The van der Waals surface area contributed by atoms with Crippen molar-refractivity contribution in [2.45, 2.75) is 0 Å². The Balaban J connectivity index is -0.0000000457. The summed E-state index contributed by atoms with van der Waals surface area (Å²) < 4.78 is 63.2. The maximum atomic E-state index is 8.74. The second kappa shape index (κ2) is 7.85. The van der Waals surface area contributed by atoms with E-state index >= 15 is 0 Å². The molecule has 0 aliphatic rings. The van der Waals surface area contributed by atoms with Gasteiger partial charge in [-0.05, 0) is 0 Å². The molecular weight excluding hydrogens is 272 g/mol. The third kappa shape index (κ3) is 18000. The molecule has 12 heavy (non-hydrogen) atoms. The number of hydrogen-bond acceptors (Lipinski definition) is 4. The third-order valence-corrected chi connectivity index (χ3v) is 0. The summed E-state index contributed by atoms with van der Waals surface area (Å²) in [6.45, 7) is 0. The van der Waals surface area contributed by atoms with Crippen molar-refractivity contribution in [3.8, 4) is 0 Å². The Kier molecular flexibility index (Phi) is 14.9. The third-order valence-electron chi connectivity index (χ3n) is 0. The molecule has 83 valence electrons. The van der Waals surface area contributed by atoms with Crippen LogP contribution in [0.4, 0.5) is 0 Å². The predicted molar refractivity (Wildman–Crippen MR) is 32.0 cm³/mol. The van der Waals surface area contributed by atoms with Crippen LogP contribution >= 0.6 is 0 Å². The normalized spacial score (nSPS) is 9.67. The van der Waals surface area contributed by atoms with E-state index in [1.54, 1.807) is 0 Å². The summed E-state index contributed by atoms with van der Waals surface area (Å²) in [5, 5.41) is 0. The van der Waals surface area contributed by atoms with Gasteiger partial charge in [0, 0.05) is 17.1 Å². The molecule has 0 aromatic carbocycles. The molecule has 0 aromatic rings. The van der Waals surface area contributed by atoms with Gasteiger partial charge in [-0.15, -0.1) is 0 Å². The average Bonchev–Trinajstić information content (AvgIpc) is 1.12. The van der Waals surface area contributed by atoms with Crippen LogP contribution in [-0.2, 0) is 37.9 Å². The Hall–Kier alpha value is 0.219. The second-order valence-corrected chi connectivity index (χ2v) is 2.69. The molecule has 9 nitrogen and oxygen atoms in total. The summed E-state index contributed by atoms with van der Waals surface area (Å²) in [4.78, 5) is 0. The summed E-state index contributed by atoms with van der Waals surface area (Å²) in [5.41, 5.74) is 0. The van der Waals surface area contributed by atoms with E-state index in [4.69, 9.17) is 35.0 Å². The van der Waals surface area contributed by atoms with Crippen LogP contribution in [0.5, 0.6) is 0 Å². The van der Waals surface area contributed by atoms with E-state index in [0.29, 0.717) is 0 Å². The largest absolute Gasteiger partial charge is 0.412 e. The molecule has 0 amide bonds. The molecule has 0 fully saturated rings. The summed E-state index contributed by atoms with van der Waals surface area (Å²) >= 11 is 0. The SMILES string of the molecule is O.O=S(=O)(O)O.O=S(=O)(O)O.[Cu]. The van der Waals surface area contributed by atoms with Crippen LogP contribution in [0.15, 0.2) is 0 Å². The maximum absolute atomic E-state index is 8.74. The van der Waals surface area contributed by atoms with Gasteiger partial charge in [0.25, 0.3) is 0 Å². The van der Waals surface area contributed by atoms with E-state index in [1.165, 1.54) is 0 Å². The molecule has 0 heterocycles. The molecule has 0 spiro atoms. The van der Waals surface area contributed by atoms with Crippen molar-refractivity contribution >= 4 is 20.8 Å². The quantitative estimate of drug-likeness (QED) is 0.286. The standard InChI is InChI=1S/Cu.2H2O4S.H2O/c;2*1-5(2,3)4;/h;2*(H2,1,2,3,4);1H2. The Morgan fingerprint density at radius 2 is 0.667 bits per heavy atom. The molecule has 0 unspecified atom stereocenters. The molecule has 12 heteroatoms. The molecular formula is H6CuO9S2. The zero-order chi connectivity index (χ0) is 9.00. The van der Waals surface area contributed by atoms with Gasteiger partial charge >= 0.3 is 20.8 Å². The fraction of sp³-hybridized carbons (Fsp3) is 0. The Morgan fingerprint density at radius 3 is 0.667 bits per heavy atom. The smallest absolute Gasteiger partial charge is 0.394 e.